The fraction of sp³-hybridized carbons (Fsp3) is 0.273. The van der Waals surface area contributed by atoms with E-state index in [1.165, 1.54) is 10.8 Å². The summed E-state index contributed by atoms with van der Waals surface area (Å²) < 4.78 is 6.18. The van der Waals surface area contributed by atoms with Crippen LogP contribution in [-0.2, 0) is 5.41 Å². The van der Waals surface area contributed by atoms with Gasteiger partial charge in [-0.3, -0.25) is 4.98 Å². The first kappa shape index (κ1) is 25.9. The van der Waals surface area contributed by atoms with Crippen LogP contribution in [0.25, 0.3) is 44.9 Å². The van der Waals surface area contributed by atoms with Crippen molar-refractivity contribution in [3.8, 4) is 39.6 Å². The van der Waals surface area contributed by atoms with Crippen molar-refractivity contribution in [3.05, 3.63) is 83.6 Å². The van der Waals surface area contributed by atoms with E-state index < -0.39 is 8.07 Å². The van der Waals surface area contributed by atoms with E-state index in [1.807, 2.05) is 44.3 Å². The van der Waals surface area contributed by atoms with E-state index in [9.17, 15) is 5.11 Å². The van der Waals surface area contributed by atoms with Crippen LogP contribution in [0.2, 0.25) is 19.6 Å². The first-order valence-electron chi connectivity index (χ1n) is 13.1. The second-order valence-corrected chi connectivity index (χ2v) is 17.5. The van der Waals surface area contributed by atoms with E-state index >= 15 is 0 Å². The molecule has 0 aliphatic carbocycles. The Labute approximate surface area is 226 Å². The Morgan fingerprint density at radius 2 is 1.58 bits per heavy atom. The lowest BCUT2D eigenvalue weighted by Gasteiger charge is -2.22. The first-order chi connectivity index (χ1) is 17.8. The molecule has 0 saturated heterocycles. The lowest BCUT2D eigenvalue weighted by atomic mass is 9.83. The smallest absolute Gasteiger partial charge is 0.231 e. The van der Waals surface area contributed by atoms with Crippen LogP contribution in [0.4, 0.5) is 0 Å². The largest absolute Gasteiger partial charge is 0.507 e. The highest BCUT2D eigenvalue weighted by molar-refractivity contribution is 6.88. The van der Waals surface area contributed by atoms with Crippen LogP contribution in [0.5, 0.6) is 5.75 Å². The molecule has 194 valence electrons. The van der Waals surface area contributed by atoms with Gasteiger partial charge in [0.25, 0.3) is 0 Å². The van der Waals surface area contributed by atoms with Crippen molar-refractivity contribution < 1.29 is 9.52 Å². The third kappa shape index (κ3) is 4.91. The molecule has 0 unspecified atom stereocenters. The van der Waals surface area contributed by atoms with Gasteiger partial charge in [-0.1, -0.05) is 70.7 Å². The van der Waals surface area contributed by atoms with Crippen LogP contribution in [0, 0.1) is 13.8 Å². The average molecular weight is 521 g/mol. The van der Waals surface area contributed by atoms with Gasteiger partial charge in [0.1, 0.15) is 11.3 Å². The van der Waals surface area contributed by atoms with Crippen molar-refractivity contribution in [2.45, 2.75) is 59.7 Å². The predicted octanol–water partition coefficient (Wildman–Crippen LogP) is 8.39. The second-order valence-electron chi connectivity index (χ2n) is 12.4. The molecule has 2 aromatic heterocycles. The maximum Gasteiger partial charge on any atom is 0.231 e. The van der Waals surface area contributed by atoms with Crippen LogP contribution in [0.15, 0.2) is 71.3 Å². The number of benzene rings is 3. The Morgan fingerprint density at radius 1 is 0.842 bits per heavy atom. The summed E-state index contributed by atoms with van der Waals surface area (Å²) in [6.07, 6.45) is 2.05. The molecule has 0 bridgehead atoms. The molecule has 0 radical (unpaired) electrons. The fourth-order valence-electron chi connectivity index (χ4n) is 4.79. The number of aromatic hydroxyl groups is 1. The van der Waals surface area contributed by atoms with Crippen molar-refractivity contribution in [3.63, 3.8) is 0 Å². The lowest BCUT2D eigenvalue weighted by Crippen LogP contribution is -2.37. The molecular formula is C33H36N2O2Si. The molecule has 0 aliphatic rings. The van der Waals surface area contributed by atoms with E-state index in [0.717, 1.165) is 39.0 Å². The van der Waals surface area contributed by atoms with E-state index in [-0.39, 0.29) is 11.2 Å². The maximum absolute atomic E-state index is 10.7. The Morgan fingerprint density at radius 3 is 2.24 bits per heavy atom. The lowest BCUT2D eigenvalue weighted by molar-refractivity contribution is 0.470. The number of oxazole rings is 1. The number of fused-ring (bicyclic) bond motifs is 1. The summed E-state index contributed by atoms with van der Waals surface area (Å²) in [5.41, 5.74) is 9.23. The van der Waals surface area contributed by atoms with E-state index in [2.05, 4.69) is 76.8 Å². The number of phenolic OH excluding ortho intramolecular Hbond substituents is 1. The monoisotopic (exact) mass is 520 g/mol. The highest BCUT2D eigenvalue weighted by Crippen LogP contribution is 2.39. The first-order valence-corrected chi connectivity index (χ1v) is 16.6. The van der Waals surface area contributed by atoms with Crippen molar-refractivity contribution in [1.29, 1.82) is 0 Å². The fourth-order valence-corrected chi connectivity index (χ4v) is 5.83. The quantitative estimate of drug-likeness (QED) is 0.242. The Hall–Kier alpha value is -3.70. The number of hydrogen-bond acceptors (Lipinski definition) is 4. The topological polar surface area (TPSA) is 59.2 Å². The number of para-hydroxylation sites is 1. The molecule has 5 rings (SSSR count). The number of rotatable bonds is 4. The number of pyridine rings is 1. The van der Waals surface area contributed by atoms with Gasteiger partial charge in [0.05, 0.1) is 19.3 Å². The van der Waals surface area contributed by atoms with E-state index in [4.69, 9.17) is 14.4 Å². The SMILES string of the molecule is Cc1cc(C)c(O)c(-c2nc3c(-c4cc(-c5ccc([Si](C)(C)C)cn5)cc(C(C)(C)C)c4)cccc3o2)c1. The molecule has 0 aliphatic heterocycles. The zero-order valence-electron chi connectivity index (χ0n) is 23.6. The van der Waals surface area contributed by atoms with Gasteiger partial charge in [-0.2, -0.15) is 0 Å². The van der Waals surface area contributed by atoms with Gasteiger partial charge in [0, 0.05) is 17.3 Å². The van der Waals surface area contributed by atoms with Crippen molar-refractivity contribution >= 4 is 24.4 Å². The molecule has 0 spiro atoms. The summed E-state index contributed by atoms with van der Waals surface area (Å²) in [7, 11) is -1.43. The summed E-state index contributed by atoms with van der Waals surface area (Å²) in [4.78, 5) is 9.78. The minimum Gasteiger partial charge on any atom is -0.507 e. The predicted molar refractivity (Wildman–Crippen MR) is 161 cm³/mol. The molecule has 4 nitrogen and oxygen atoms in total. The standard InChI is InChI=1S/C33H36N2O2Si/c1-20-14-21(2)31(36)27(15-20)32-35-30-26(10-9-11-29(30)37-32)22-16-23(18-24(17-22)33(3,4)5)28-13-12-25(19-34-28)38(6,7)8/h9-19,36H,1-8H3. The zero-order chi connectivity index (χ0) is 27.4. The van der Waals surface area contributed by atoms with Crippen LogP contribution < -0.4 is 5.19 Å². The summed E-state index contributed by atoms with van der Waals surface area (Å²) in [6.45, 7) is 17.6. The Kier molecular flexibility index (Phi) is 6.31. The number of hydrogen-bond donors (Lipinski definition) is 1. The molecule has 0 atom stereocenters. The number of aryl methyl sites for hydroxylation is 2. The number of nitrogens with zero attached hydrogens (tertiary/aromatic N) is 2. The van der Waals surface area contributed by atoms with Gasteiger partial charge >= 0.3 is 0 Å². The maximum atomic E-state index is 10.7. The van der Waals surface area contributed by atoms with Gasteiger partial charge in [-0.25, -0.2) is 4.98 Å². The summed E-state index contributed by atoms with van der Waals surface area (Å²) in [6, 6.07) is 21.0. The number of phenols is 1. The van der Waals surface area contributed by atoms with E-state index in [0.29, 0.717) is 17.0 Å². The normalized spacial score (nSPS) is 12.3. The third-order valence-electron chi connectivity index (χ3n) is 7.13. The second kappa shape index (κ2) is 9.24. The van der Waals surface area contributed by atoms with Gasteiger partial charge < -0.3 is 9.52 Å². The summed E-state index contributed by atoms with van der Waals surface area (Å²) in [5, 5.41) is 12.1. The van der Waals surface area contributed by atoms with Crippen LogP contribution in [0.3, 0.4) is 0 Å². The van der Waals surface area contributed by atoms with Crippen LogP contribution in [-0.4, -0.2) is 23.1 Å². The molecule has 0 amide bonds. The minimum atomic E-state index is -1.43. The molecule has 0 saturated carbocycles. The van der Waals surface area contributed by atoms with Crippen LogP contribution >= 0.6 is 0 Å². The van der Waals surface area contributed by atoms with Crippen molar-refractivity contribution in [2.75, 3.05) is 0 Å². The Bertz CT molecular complexity index is 1650. The van der Waals surface area contributed by atoms with Crippen molar-refractivity contribution in [1.82, 2.24) is 9.97 Å². The molecule has 1 N–H and O–H groups in total. The summed E-state index contributed by atoms with van der Waals surface area (Å²) >= 11 is 0. The zero-order valence-corrected chi connectivity index (χ0v) is 24.6. The average Bonchev–Trinajstić information content (AvgIpc) is 3.29. The molecule has 5 aromatic rings. The molecule has 0 fully saturated rings. The van der Waals surface area contributed by atoms with Gasteiger partial charge in [0.2, 0.25) is 5.89 Å². The van der Waals surface area contributed by atoms with Gasteiger partial charge in [-0.15, -0.1) is 0 Å². The number of aromatic nitrogens is 2. The van der Waals surface area contributed by atoms with Crippen molar-refractivity contribution in [2.24, 2.45) is 0 Å². The molecule has 3 aromatic carbocycles. The molecule has 5 heteroatoms. The summed E-state index contributed by atoms with van der Waals surface area (Å²) in [5.74, 6) is 0.626. The Balaban J connectivity index is 1.68. The highest BCUT2D eigenvalue weighted by atomic mass is 28.3. The highest BCUT2D eigenvalue weighted by Gasteiger charge is 2.21. The van der Waals surface area contributed by atoms with Crippen LogP contribution in [0.1, 0.15) is 37.5 Å². The van der Waals surface area contributed by atoms with E-state index in [1.54, 1.807) is 0 Å². The molecule has 38 heavy (non-hydrogen) atoms. The third-order valence-corrected chi connectivity index (χ3v) is 9.16. The van der Waals surface area contributed by atoms with Gasteiger partial charge in [-0.05, 0) is 77.0 Å². The minimum absolute atomic E-state index is 0.0449. The molecule has 2 heterocycles. The molecular weight excluding hydrogens is 484 g/mol. The van der Waals surface area contributed by atoms with Gasteiger partial charge in [0.15, 0.2) is 5.58 Å².